The molecular formula is C14H19NO. The minimum Gasteiger partial charge on any atom is -0.494 e. The Bertz CT molecular complexity index is 485. The van der Waals surface area contributed by atoms with Crippen LogP contribution in [-0.4, -0.2) is 11.6 Å². The average molecular weight is 217 g/mol. The molecule has 0 atom stereocenters. The van der Waals surface area contributed by atoms with Crippen LogP contribution in [0, 0.1) is 6.92 Å². The number of aromatic amines is 1. The number of nitrogens with one attached hydrogen (secondary N) is 1. The summed E-state index contributed by atoms with van der Waals surface area (Å²) < 4.78 is 5.54. The Labute approximate surface area is 96.6 Å². The third-order valence-corrected chi connectivity index (χ3v) is 2.90. The number of rotatable bonds is 4. The molecule has 1 heterocycles. The first-order chi connectivity index (χ1) is 7.76. The number of hydrogen-bond donors (Lipinski definition) is 1. The lowest BCUT2D eigenvalue weighted by atomic mass is 10.1. The minimum atomic E-state index is 0.720. The van der Waals surface area contributed by atoms with Gasteiger partial charge in [-0.05, 0) is 44.0 Å². The minimum absolute atomic E-state index is 0.720. The number of benzene rings is 1. The average Bonchev–Trinajstić information content (AvgIpc) is 2.57. The molecule has 1 N–H and O–H groups in total. The van der Waals surface area contributed by atoms with Gasteiger partial charge in [-0.1, -0.05) is 13.3 Å². The van der Waals surface area contributed by atoms with Gasteiger partial charge in [-0.2, -0.15) is 0 Å². The maximum absolute atomic E-state index is 5.54. The molecule has 16 heavy (non-hydrogen) atoms. The van der Waals surface area contributed by atoms with Crippen LogP contribution in [0.2, 0.25) is 0 Å². The quantitative estimate of drug-likeness (QED) is 0.827. The van der Waals surface area contributed by atoms with Crippen LogP contribution in [0.3, 0.4) is 0 Å². The zero-order valence-corrected chi connectivity index (χ0v) is 10.3. The highest BCUT2D eigenvalue weighted by Crippen LogP contribution is 2.27. The molecule has 2 heteroatoms. The van der Waals surface area contributed by atoms with Crippen LogP contribution < -0.4 is 4.74 Å². The number of aryl methyl sites for hydroxylation is 2. The van der Waals surface area contributed by atoms with Crippen molar-refractivity contribution in [2.75, 3.05) is 6.61 Å². The van der Waals surface area contributed by atoms with Crippen molar-refractivity contribution in [1.82, 2.24) is 4.98 Å². The van der Waals surface area contributed by atoms with E-state index in [9.17, 15) is 0 Å². The summed E-state index contributed by atoms with van der Waals surface area (Å²) >= 11 is 0. The summed E-state index contributed by atoms with van der Waals surface area (Å²) in [5.41, 5.74) is 3.92. The van der Waals surface area contributed by atoms with Gasteiger partial charge in [0.05, 0.1) is 6.61 Å². The van der Waals surface area contributed by atoms with Gasteiger partial charge in [0.2, 0.25) is 0 Å². The monoisotopic (exact) mass is 217 g/mol. The van der Waals surface area contributed by atoms with Crippen molar-refractivity contribution in [1.29, 1.82) is 0 Å². The highest BCUT2D eigenvalue weighted by Gasteiger charge is 2.08. The van der Waals surface area contributed by atoms with E-state index in [4.69, 9.17) is 4.74 Å². The Morgan fingerprint density at radius 2 is 2.06 bits per heavy atom. The second kappa shape index (κ2) is 4.60. The van der Waals surface area contributed by atoms with Gasteiger partial charge in [-0.25, -0.2) is 0 Å². The van der Waals surface area contributed by atoms with Crippen molar-refractivity contribution in [3.8, 4) is 5.75 Å². The maximum atomic E-state index is 5.54. The van der Waals surface area contributed by atoms with Gasteiger partial charge < -0.3 is 9.72 Å². The fourth-order valence-electron chi connectivity index (χ4n) is 2.19. The summed E-state index contributed by atoms with van der Waals surface area (Å²) in [6.07, 6.45) is 2.30. The third kappa shape index (κ3) is 1.92. The molecule has 2 nitrogen and oxygen atoms in total. The molecule has 0 radical (unpaired) electrons. The molecule has 0 saturated carbocycles. The first-order valence-corrected chi connectivity index (χ1v) is 6.00. The summed E-state index contributed by atoms with van der Waals surface area (Å²) in [6.45, 7) is 7.09. The number of fused-ring (bicyclic) bond motifs is 1. The predicted octanol–water partition coefficient (Wildman–Crippen LogP) is 3.83. The number of ether oxygens (including phenoxy) is 1. The van der Waals surface area contributed by atoms with E-state index >= 15 is 0 Å². The van der Waals surface area contributed by atoms with Gasteiger partial charge in [0.1, 0.15) is 5.75 Å². The molecule has 0 saturated heterocycles. The highest BCUT2D eigenvalue weighted by atomic mass is 16.5. The smallest absolute Gasteiger partial charge is 0.120 e. The molecule has 1 aromatic heterocycles. The summed E-state index contributed by atoms with van der Waals surface area (Å²) in [7, 11) is 0. The van der Waals surface area contributed by atoms with Crippen LogP contribution in [0.4, 0.5) is 0 Å². The summed E-state index contributed by atoms with van der Waals surface area (Å²) in [5, 5.41) is 1.31. The lowest BCUT2D eigenvalue weighted by molar-refractivity contribution is 0.340. The molecule has 0 amide bonds. The van der Waals surface area contributed by atoms with E-state index < -0.39 is 0 Å². The zero-order chi connectivity index (χ0) is 11.5. The summed E-state index contributed by atoms with van der Waals surface area (Å²) in [6, 6.07) is 6.28. The fourth-order valence-corrected chi connectivity index (χ4v) is 2.19. The van der Waals surface area contributed by atoms with Gasteiger partial charge in [-0.3, -0.25) is 0 Å². The van der Waals surface area contributed by atoms with Crippen molar-refractivity contribution in [2.24, 2.45) is 0 Å². The van der Waals surface area contributed by atoms with E-state index in [1.165, 1.54) is 28.6 Å². The maximum Gasteiger partial charge on any atom is 0.120 e. The number of aromatic nitrogens is 1. The van der Waals surface area contributed by atoms with E-state index in [0.717, 1.165) is 18.8 Å². The van der Waals surface area contributed by atoms with Crippen LogP contribution >= 0.6 is 0 Å². The second-order valence-electron chi connectivity index (χ2n) is 4.12. The molecule has 0 aliphatic heterocycles. The second-order valence-corrected chi connectivity index (χ2v) is 4.12. The molecule has 0 bridgehead atoms. The Balaban J connectivity index is 2.51. The molecule has 2 aromatic rings. The third-order valence-electron chi connectivity index (χ3n) is 2.90. The number of H-pyrrole nitrogens is 1. The molecule has 86 valence electrons. The van der Waals surface area contributed by atoms with Crippen LogP contribution in [0.25, 0.3) is 10.9 Å². The largest absolute Gasteiger partial charge is 0.494 e. The topological polar surface area (TPSA) is 25.0 Å². The van der Waals surface area contributed by atoms with Crippen molar-refractivity contribution >= 4 is 10.9 Å². The van der Waals surface area contributed by atoms with Crippen molar-refractivity contribution in [2.45, 2.75) is 33.6 Å². The standard InChI is InChI=1S/C14H19NO/c1-4-6-12-10(3)15-14-8-7-11(16-5-2)9-13(12)14/h7-9,15H,4-6H2,1-3H3. The Hall–Kier alpha value is -1.44. The first-order valence-electron chi connectivity index (χ1n) is 6.00. The molecule has 0 spiro atoms. The van der Waals surface area contributed by atoms with Gasteiger partial charge in [0, 0.05) is 16.6 Å². The Morgan fingerprint density at radius 1 is 1.25 bits per heavy atom. The van der Waals surface area contributed by atoms with E-state index in [2.05, 4.69) is 31.0 Å². The summed E-state index contributed by atoms with van der Waals surface area (Å²) in [4.78, 5) is 3.43. The molecule has 0 fully saturated rings. The van der Waals surface area contributed by atoms with Crippen LogP contribution in [0.5, 0.6) is 5.75 Å². The van der Waals surface area contributed by atoms with Crippen molar-refractivity contribution < 1.29 is 4.74 Å². The summed E-state index contributed by atoms with van der Waals surface area (Å²) in [5.74, 6) is 0.964. The van der Waals surface area contributed by atoms with E-state index in [0.29, 0.717) is 0 Å². The van der Waals surface area contributed by atoms with Gasteiger partial charge in [-0.15, -0.1) is 0 Å². The fraction of sp³-hybridized carbons (Fsp3) is 0.429. The van der Waals surface area contributed by atoms with Crippen LogP contribution in [0.1, 0.15) is 31.5 Å². The molecule has 1 aromatic carbocycles. The molecular weight excluding hydrogens is 198 g/mol. The lowest BCUT2D eigenvalue weighted by Crippen LogP contribution is -1.91. The molecule has 0 unspecified atom stereocenters. The van der Waals surface area contributed by atoms with E-state index in [1.54, 1.807) is 0 Å². The predicted molar refractivity (Wildman–Crippen MR) is 68.2 cm³/mol. The van der Waals surface area contributed by atoms with Gasteiger partial charge in [0.15, 0.2) is 0 Å². The van der Waals surface area contributed by atoms with Gasteiger partial charge >= 0.3 is 0 Å². The van der Waals surface area contributed by atoms with Crippen LogP contribution in [-0.2, 0) is 6.42 Å². The number of hydrogen-bond acceptors (Lipinski definition) is 1. The Morgan fingerprint density at radius 3 is 2.75 bits per heavy atom. The molecule has 2 rings (SSSR count). The van der Waals surface area contributed by atoms with Crippen LogP contribution in [0.15, 0.2) is 18.2 Å². The molecule has 0 aliphatic rings. The Kier molecular flexibility index (Phi) is 3.18. The highest BCUT2D eigenvalue weighted by molar-refractivity contribution is 5.86. The molecule has 0 aliphatic carbocycles. The van der Waals surface area contributed by atoms with E-state index in [-0.39, 0.29) is 0 Å². The SMILES string of the molecule is CCCc1c(C)[nH]c2ccc(OCC)cc12. The van der Waals surface area contributed by atoms with E-state index in [1.807, 2.05) is 13.0 Å². The normalized spacial score (nSPS) is 10.9. The lowest BCUT2D eigenvalue weighted by Gasteiger charge is -2.03. The van der Waals surface area contributed by atoms with Crippen molar-refractivity contribution in [3.05, 3.63) is 29.5 Å². The van der Waals surface area contributed by atoms with Crippen molar-refractivity contribution in [3.63, 3.8) is 0 Å². The first kappa shape index (κ1) is 11.1. The zero-order valence-electron chi connectivity index (χ0n) is 10.3. The van der Waals surface area contributed by atoms with Gasteiger partial charge in [0.25, 0.3) is 0 Å².